The SMILES string of the molecule is Cc1cccc(NC(=O)CN2CCN(C(=O)c3ccc(CN)cc3)CC2)c1C.Cl. The van der Waals surface area contributed by atoms with E-state index in [0.29, 0.717) is 44.8 Å². The molecule has 1 aliphatic heterocycles. The molecule has 1 fully saturated rings. The Morgan fingerprint density at radius 3 is 2.28 bits per heavy atom. The number of benzene rings is 2. The highest BCUT2D eigenvalue weighted by Crippen LogP contribution is 2.18. The van der Waals surface area contributed by atoms with Crippen LogP contribution >= 0.6 is 12.4 Å². The molecule has 2 aromatic carbocycles. The van der Waals surface area contributed by atoms with E-state index in [1.165, 1.54) is 0 Å². The minimum Gasteiger partial charge on any atom is -0.336 e. The van der Waals surface area contributed by atoms with Crippen LogP contribution in [0.15, 0.2) is 42.5 Å². The van der Waals surface area contributed by atoms with Gasteiger partial charge in [0, 0.05) is 44.0 Å². The van der Waals surface area contributed by atoms with Gasteiger partial charge in [-0.1, -0.05) is 24.3 Å². The maximum atomic E-state index is 12.6. The third-order valence-electron chi connectivity index (χ3n) is 5.34. The van der Waals surface area contributed by atoms with E-state index in [2.05, 4.69) is 10.2 Å². The summed E-state index contributed by atoms with van der Waals surface area (Å²) in [5.74, 6) is 0.00825. The Labute approximate surface area is 178 Å². The summed E-state index contributed by atoms with van der Waals surface area (Å²) in [5.41, 5.74) is 10.4. The number of hydrogen-bond acceptors (Lipinski definition) is 4. The second kappa shape index (κ2) is 10.4. The van der Waals surface area contributed by atoms with Crippen molar-refractivity contribution in [3.8, 4) is 0 Å². The molecule has 0 atom stereocenters. The number of aryl methyl sites for hydroxylation is 1. The van der Waals surface area contributed by atoms with Crippen molar-refractivity contribution in [2.45, 2.75) is 20.4 Å². The maximum Gasteiger partial charge on any atom is 0.253 e. The van der Waals surface area contributed by atoms with Crippen molar-refractivity contribution in [2.75, 3.05) is 38.0 Å². The minimum absolute atomic E-state index is 0. The Balaban J connectivity index is 0.00000300. The van der Waals surface area contributed by atoms with Gasteiger partial charge in [-0.2, -0.15) is 0 Å². The minimum atomic E-state index is -0.0224. The number of rotatable bonds is 5. The lowest BCUT2D eigenvalue weighted by Crippen LogP contribution is -2.50. The average Bonchev–Trinajstić information content (AvgIpc) is 2.71. The lowest BCUT2D eigenvalue weighted by Gasteiger charge is -2.34. The van der Waals surface area contributed by atoms with Crippen LogP contribution in [0.3, 0.4) is 0 Å². The van der Waals surface area contributed by atoms with Crippen LogP contribution in [-0.2, 0) is 11.3 Å². The molecule has 2 amide bonds. The zero-order valence-electron chi connectivity index (χ0n) is 17.0. The van der Waals surface area contributed by atoms with Gasteiger partial charge in [-0.15, -0.1) is 12.4 Å². The zero-order valence-corrected chi connectivity index (χ0v) is 17.8. The number of anilines is 1. The fourth-order valence-electron chi connectivity index (χ4n) is 3.35. The van der Waals surface area contributed by atoms with E-state index in [4.69, 9.17) is 5.73 Å². The Bertz CT molecular complexity index is 846. The topological polar surface area (TPSA) is 78.7 Å². The summed E-state index contributed by atoms with van der Waals surface area (Å²) in [7, 11) is 0. The Morgan fingerprint density at radius 1 is 1.00 bits per heavy atom. The Kier molecular flexibility index (Phi) is 8.20. The second-order valence-corrected chi connectivity index (χ2v) is 7.27. The molecule has 6 nitrogen and oxygen atoms in total. The van der Waals surface area contributed by atoms with E-state index < -0.39 is 0 Å². The summed E-state index contributed by atoms with van der Waals surface area (Å²) >= 11 is 0. The largest absolute Gasteiger partial charge is 0.336 e. The molecule has 2 aromatic rings. The van der Waals surface area contributed by atoms with Crippen LogP contribution in [0, 0.1) is 13.8 Å². The predicted molar refractivity (Wildman–Crippen MR) is 118 cm³/mol. The third kappa shape index (κ3) is 5.79. The molecule has 3 N–H and O–H groups in total. The van der Waals surface area contributed by atoms with Crippen molar-refractivity contribution >= 4 is 29.9 Å². The summed E-state index contributed by atoms with van der Waals surface area (Å²) in [6.45, 7) is 7.46. The van der Waals surface area contributed by atoms with Crippen molar-refractivity contribution in [3.05, 3.63) is 64.7 Å². The van der Waals surface area contributed by atoms with Gasteiger partial charge in [-0.05, 0) is 48.7 Å². The number of piperazine rings is 1. The Morgan fingerprint density at radius 2 is 1.66 bits per heavy atom. The van der Waals surface area contributed by atoms with Gasteiger partial charge in [0.2, 0.25) is 5.91 Å². The first kappa shape index (κ1) is 22.9. The molecule has 3 rings (SSSR count). The van der Waals surface area contributed by atoms with Crippen LogP contribution in [-0.4, -0.2) is 54.3 Å². The quantitative estimate of drug-likeness (QED) is 0.785. The standard InChI is InChI=1S/C22H28N4O2.ClH/c1-16-4-3-5-20(17(16)2)24-21(27)15-25-10-12-26(13-11-25)22(28)19-8-6-18(14-23)7-9-19;/h3-9H,10-15,23H2,1-2H3,(H,24,27);1H. The van der Waals surface area contributed by atoms with E-state index in [9.17, 15) is 9.59 Å². The van der Waals surface area contributed by atoms with Crippen molar-refractivity contribution < 1.29 is 9.59 Å². The average molecular weight is 417 g/mol. The van der Waals surface area contributed by atoms with Crippen LogP contribution in [0.2, 0.25) is 0 Å². The van der Waals surface area contributed by atoms with E-state index in [0.717, 1.165) is 22.4 Å². The van der Waals surface area contributed by atoms with Crippen LogP contribution in [0.4, 0.5) is 5.69 Å². The molecule has 0 aliphatic carbocycles. The number of halogens is 1. The lowest BCUT2D eigenvalue weighted by atomic mass is 10.1. The van der Waals surface area contributed by atoms with Crippen LogP contribution < -0.4 is 11.1 Å². The molecule has 0 bridgehead atoms. The molecule has 29 heavy (non-hydrogen) atoms. The van der Waals surface area contributed by atoms with Gasteiger partial charge in [0.15, 0.2) is 0 Å². The summed E-state index contributed by atoms with van der Waals surface area (Å²) < 4.78 is 0. The van der Waals surface area contributed by atoms with Crippen molar-refractivity contribution in [1.82, 2.24) is 9.80 Å². The van der Waals surface area contributed by atoms with Crippen LogP contribution in [0.5, 0.6) is 0 Å². The fraction of sp³-hybridized carbons (Fsp3) is 0.364. The number of nitrogens with two attached hydrogens (primary N) is 1. The number of amides is 2. The van der Waals surface area contributed by atoms with Gasteiger partial charge in [-0.25, -0.2) is 0 Å². The van der Waals surface area contributed by atoms with Gasteiger partial charge >= 0.3 is 0 Å². The van der Waals surface area contributed by atoms with Crippen LogP contribution in [0.25, 0.3) is 0 Å². The molecule has 7 heteroatoms. The summed E-state index contributed by atoms with van der Waals surface area (Å²) in [4.78, 5) is 29.0. The second-order valence-electron chi connectivity index (χ2n) is 7.27. The first-order chi connectivity index (χ1) is 13.5. The lowest BCUT2D eigenvalue weighted by molar-refractivity contribution is -0.117. The van der Waals surface area contributed by atoms with E-state index >= 15 is 0 Å². The molecule has 0 spiro atoms. The zero-order chi connectivity index (χ0) is 20.1. The van der Waals surface area contributed by atoms with Gasteiger partial charge in [0.05, 0.1) is 6.54 Å². The molecule has 1 aliphatic rings. The van der Waals surface area contributed by atoms with E-state index in [1.54, 1.807) is 0 Å². The fourth-order valence-corrected chi connectivity index (χ4v) is 3.35. The van der Waals surface area contributed by atoms with Gasteiger partial charge < -0.3 is 16.0 Å². The number of nitrogens with one attached hydrogen (secondary N) is 1. The molecule has 0 saturated carbocycles. The molecule has 0 radical (unpaired) electrons. The molecule has 0 unspecified atom stereocenters. The highest BCUT2D eigenvalue weighted by atomic mass is 35.5. The molecule has 1 saturated heterocycles. The van der Waals surface area contributed by atoms with Crippen molar-refractivity contribution in [2.24, 2.45) is 5.73 Å². The first-order valence-corrected chi connectivity index (χ1v) is 9.64. The molecule has 156 valence electrons. The van der Waals surface area contributed by atoms with Crippen molar-refractivity contribution in [3.63, 3.8) is 0 Å². The smallest absolute Gasteiger partial charge is 0.253 e. The number of hydrogen-bond donors (Lipinski definition) is 2. The molecular weight excluding hydrogens is 388 g/mol. The molecular formula is C22H29ClN4O2. The summed E-state index contributed by atoms with van der Waals surface area (Å²) in [5, 5.41) is 3.00. The molecule has 0 aromatic heterocycles. The normalized spacial score (nSPS) is 14.2. The van der Waals surface area contributed by atoms with Gasteiger partial charge in [-0.3, -0.25) is 14.5 Å². The first-order valence-electron chi connectivity index (χ1n) is 9.64. The Hall–Kier alpha value is -2.41. The van der Waals surface area contributed by atoms with E-state index in [1.807, 2.05) is 61.2 Å². The van der Waals surface area contributed by atoms with Gasteiger partial charge in [0.25, 0.3) is 5.91 Å². The predicted octanol–water partition coefficient (Wildman–Crippen LogP) is 2.58. The number of carbonyl (C=O) groups is 2. The van der Waals surface area contributed by atoms with Crippen LogP contribution in [0.1, 0.15) is 27.0 Å². The highest BCUT2D eigenvalue weighted by molar-refractivity contribution is 5.94. The van der Waals surface area contributed by atoms with Gasteiger partial charge in [0.1, 0.15) is 0 Å². The molecule has 1 heterocycles. The van der Waals surface area contributed by atoms with Crippen molar-refractivity contribution in [1.29, 1.82) is 0 Å². The van der Waals surface area contributed by atoms with E-state index in [-0.39, 0.29) is 24.2 Å². The summed E-state index contributed by atoms with van der Waals surface area (Å²) in [6, 6.07) is 13.3. The summed E-state index contributed by atoms with van der Waals surface area (Å²) in [6.07, 6.45) is 0. The monoisotopic (exact) mass is 416 g/mol. The number of carbonyl (C=O) groups excluding carboxylic acids is 2. The third-order valence-corrected chi connectivity index (χ3v) is 5.34. The highest BCUT2D eigenvalue weighted by Gasteiger charge is 2.23. The number of nitrogens with zero attached hydrogens (tertiary/aromatic N) is 2. The maximum absolute atomic E-state index is 12.6.